The minimum Gasteiger partial charge on any atom is -0.452 e. The van der Waals surface area contributed by atoms with Crippen LogP contribution in [0.4, 0.5) is 0 Å². The van der Waals surface area contributed by atoms with Gasteiger partial charge >= 0.3 is 5.97 Å². The summed E-state index contributed by atoms with van der Waals surface area (Å²) in [6.45, 7) is 0.451. The number of imide groups is 1. The fourth-order valence-corrected chi connectivity index (χ4v) is 4.97. The van der Waals surface area contributed by atoms with Crippen molar-refractivity contribution in [2.75, 3.05) is 19.7 Å². The molecule has 2 heterocycles. The van der Waals surface area contributed by atoms with Crippen molar-refractivity contribution in [2.24, 2.45) is 7.05 Å². The van der Waals surface area contributed by atoms with E-state index in [1.54, 1.807) is 42.1 Å². The van der Waals surface area contributed by atoms with Gasteiger partial charge < -0.3 is 9.30 Å². The smallest absolute Gasteiger partial charge is 0.331 e. The van der Waals surface area contributed by atoms with Gasteiger partial charge in [-0.1, -0.05) is 25.0 Å². The first-order valence-electron chi connectivity index (χ1n) is 10.7. The molecule has 0 aliphatic carbocycles. The van der Waals surface area contributed by atoms with Crippen LogP contribution in [0.5, 0.6) is 0 Å². The number of amides is 2. The zero-order chi connectivity index (χ0) is 23.8. The predicted molar refractivity (Wildman–Crippen MR) is 122 cm³/mol. The molecular formula is C23H27N3O6S. The van der Waals surface area contributed by atoms with Crippen LogP contribution in [0, 0.1) is 0 Å². The van der Waals surface area contributed by atoms with Crippen LogP contribution >= 0.6 is 0 Å². The van der Waals surface area contributed by atoms with Gasteiger partial charge in [-0.25, -0.2) is 13.2 Å². The summed E-state index contributed by atoms with van der Waals surface area (Å²) >= 11 is 0. The van der Waals surface area contributed by atoms with Crippen LogP contribution in [0.15, 0.2) is 53.6 Å². The maximum atomic E-state index is 12.8. The second-order valence-electron chi connectivity index (χ2n) is 7.71. The van der Waals surface area contributed by atoms with E-state index in [-0.39, 0.29) is 4.90 Å². The van der Waals surface area contributed by atoms with Gasteiger partial charge in [-0.2, -0.15) is 4.31 Å². The van der Waals surface area contributed by atoms with E-state index in [9.17, 15) is 22.8 Å². The number of ether oxygens (including phenoxy) is 1. The standard InChI is InChI=1S/C23H27N3O6S/c1-25-14-6-7-20(25)23(29)24-21(27)17-32-22(28)13-10-18-8-11-19(12-9-18)33(30,31)26-15-4-2-3-5-16-26/h6-14H,2-5,15-17H2,1H3,(H,24,27,29). The maximum absolute atomic E-state index is 12.8. The van der Waals surface area contributed by atoms with Crippen molar-refractivity contribution >= 4 is 33.9 Å². The number of hydrogen-bond donors (Lipinski definition) is 1. The molecule has 0 bridgehead atoms. The van der Waals surface area contributed by atoms with Gasteiger partial charge in [0.1, 0.15) is 5.69 Å². The highest BCUT2D eigenvalue weighted by molar-refractivity contribution is 7.89. The Labute approximate surface area is 193 Å². The van der Waals surface area contributed by atoms with Gasteiger partial charge in [-0.15, -0.1) is 0 Å². The maximum Gasteiger partial charge on any atom is 0.331 e. The summed E-state index contributed by atoms with van der Waals surface area (Å²) in [6.07, 6.45) is 8.05. The van der Waals surface area contributed by atoms with Crippen molar-refractivity contribution in [1.29, 1.82) is 0 Å². The molecule has 3 rings (SSSR count). The SMILES string of the molecule is Cn1cccc1C(=O)NC(=O)COC(=O)C=Cc1ccc(S(=O)(=O)N2CCCCCC2)cc1. The molecule has 2 amide bonds. The third-order valence-corrected chi connectivity index (χ3v) is 7.18. The minimum absolute atomic E-state index is 0.212. The van der Waals surface area contributed by atoms with Crippen molar-refractivity contribution in [1.82, 2.24) is 14.2 Å². The summed E-state index contributed by atoms with van der Waals surface area (Å²) in [5.74, 6) is -2.10. The van der Waals surface area contributed by atoms with Crippen LogP contribution < -0.4 is 5.32 Å². The lowest BCUT2D eigenvalue weighted by Crippen LogP contribution is -2.34. The predicted octanol–water partition coefficient (Wildman–Crippen LogP) is 2.10. The average molecular weight is 474 g/mol. The highest BCUT2D eigenvalue weighted by atomic mass is 32.2. The van der Waals surface area contributed by atoms with Gasteiger partial charge in [0, 0.05) is 32.4 Å². The zero-order valence-electron chi connectivity index (χ0n) is 18.4. The molecule has 1 aromatic heterocycles. The van der Waals surface area contributed by atoms with Gasteiger partial charge in [0.15, 0.2) is 6.61 Å². The molecule has 0 atom stereocenters. The zero-order valence-corrected chi connectivity index (χ0v) is 19.2. The molecule has 9 nitrogen and oxygen atoms in total. The number of nitrogens with zero attached hydrogens (tertiary/aromatic N) is 2. The number of aromatic nitrogens is 1. The molecule has 1 saturated heterocycles. The van der Waals surface area contributed by atoms with Crippen molar-refractivity contribution < 1.29 is 27.5 Å². The van der Waals surface area contributed by atoms with E-state index in [1.807, 2.05) is 0 Å². The van der Waals surface area contributed by atoms with Crippen LogP contribution in [-0.4, -0.2) is 54.8 Å². The number of aryl methyl sites for hydroxylation is 1. The number of rotatable bonds is 7. The molecule has 1 N–H and O–H groups in total. The monoisotopic (exact) mass is 473 g/mol. The van der Waals surface area contributed by atoms with Crippen LogP contribution in [0.25, 0.3) is 6.08 Å². The quantitative estimate of drug-likeness (QED) is 0.487. The molecule has 1 aliphatic rings. The summed E-state index contributed by atoms with van der Waals surface area (Å²) in [5, 5.41) is 2.14. The highest BCUT2D eigenvalue weighted by Crippen LogP contribution is 2.21. The van der Waals surface area contributed by atoms with E-state index in [0.29, 0.717) is 24.3 Å². The number of carbonyl (C=O) groups excluding carboxylic acids is 3. The number of nitrogens with one attached hydrogen (secondary N) is 1. The normalized spacial score (nSPS) is 15.2. The molecule has 1 aromatic carbocycles. The van der Waals surface area contributed by atoms with Crippen LogP contribution in [0.3, 0.4) is 0 Å². The minimum atomic E-state index is -3.54. The lowest BCUT2D eigenvalue weighted by molar-refractivity contribution is -0.143. The molecule has 1 aliphatic heterocycles. The molecule has 0 spiro atoms. The number of benzene rings is 1. The Balaban J connectivity index is 1.50. The Morgan fingerprint density at radius 2 is 1.70 bits per heavy atom. The van der Waals surface area contributed by atoms with Crippen molar-refractivity contribution in [2.45, 2.75) is 30.6 Å². The summed E-state index contributed by atoms with van der Waals surface area (Å²) < 4.78 is 33.5. The Morgan fingerprint density at radius 1 is 1.03 bits per heavy atom. The van der Waals surface area contributed by atoms with Crippen molar-refractivity contribution in [3.05, 3.63) is 59.9 Å². The lowest BCUT2D eigenvalue weighted by atomic mass is 10.2. The Kier molecular flexibility index (Phi) is 8.18. The van der Waals surface area contributed by atoms with Crippen molar-refractivity contribution in [3.8, 4) is 0 Å². The third kappa shape index (κ3) is 6.62. The molecule has 0 saturated carbocycles. The second kappa shape index (κ2) is 11.1. The molecule has 176 valence electrons. The van der Waals surface area contributed by atoms with E-state index in [4.69, 9.17) is 4.74 Å². The van der Waals surface area contributed by atoms with Crippen LogP contribution in [0.1, 0.15) is 41.7 Å². The van der Waals surface area contributed by atoms with Crippen molar-refractivity contribution in [3.63, 3.8) is 0 Å². The second-order valence-corrected chi connectivity index (χ2v) is 9.65. The first kappa shape index (κ1) is 24.4. The largest absolute Gasteiger partial charge is 0.452 e. The summed E-state index contributed by atoms with van der Waals surface area (Å²) in [7, 11) is -1.87. The highest BCUT2D eigenvalue weighted by Gasteiger charge is 2.24. The van der Waals surface area contributed by atoms with Gasteiger partial charge in [-0.3, -0.25) is 14.9 Å². The lowest BCUT2D eigenvalue weighted by Gasteiger charge is -2.19. The van der Waals surface area contributed by atoms with E-state index < -0.39 is 34.4 Å². The molecule has 10 heteroatoms. The summed E-state index contributed by atoms with van der Waals surface area (Å²) in [6, 6.07) is 9.43. The van der Waals surface area contributed by atoms with Gasteiger partial charge in [0.25, 0.3) is 11.8 Å². The average Bonchev–Trinajstić information content (AvgIpc) is 3.04. The molecule has 1 fully saturated rings. The summed E-state index contributed by atoms with van der Waals surface area (Å²) in [4.78, 5) is 35.9. The first-order valence-corrected chi connectivity index (χ1v) is 12.1. The molecule has 2 aromatic rings. The number of sulfonamides is 1. The fourth-order valence-electron chi connectivity index (χ4n) is 3.45. The van der Waals surface area contributed by atoms with E-state index in [1.165, 1.54) is 22.5 Å². The first-order chi connectivity index (χ1) is 15.8. The molecular weight excluding hydrogens is 446 g/mol. The molecule has 0 unspecified atom stereocenters. The number of hydrogen-bond acceptors (Lipinski definition) is 6. The fraction of sp³-hybridized carbons (Fsp3) is 0.348. The van der Waals surface area contributed by atoms with Crippen LogP contribution in [0.2, 0.25) is 0 Å². The molecule has 33 heavy (non-hydrogen) atoms. The summed E-state index contributed by atoms with van der Waals surface area (Å²) in [5.41, 5.74) is 0.904. The van der Waals surface area contributed by atoms with Gasteiger partial charge in [-0.05, 0) is 48.7 Å². The third-order valence-electron chi connectivity index (χ3n) is 5.27. The number of esters is 1. The Hall–Kier alpha value is -3.24. The van der Waals surface area contributed by atoms with Crippen LogP contribution in [-0.2, 0) is 31.4 Å². The topological polar surface area (TPSA) is 115 Å². The van der Waals surface area contributed by atoms with Gasteiger partial charge in [0.2, 0.25) is 10.0 Å². The van der Waals surface area contributed by atoms with Gasteiger partial charge in [0.05, 0.1) is 4.90 Å². The number of carbonyl (C=O) groups is 3. The Morgan fingerprint density at radius 3 is 2.30 bits per heavy atom. The van der Waals surface area contributed by atoms with E-state index in [2.05, 4.69) is 5.32 Å². The van der Waals surface area contributed by atoms with E-state index in [0.717, 1.165) is 31.8 Å². The molecule has 0 radical (unpaired) electrons. The van der Waals surface area contributed by atoms with E-state index >= 15 is 0 Å². The Bertz CT molecular complexity index is 1130.